The molecule has 0 aliphatic heterocycles. The van der Waals surface area contributed by atoms with E-state index in [-0.39, 0.29) is 29.7 Å². The number of carbonyl (C=O) groups is 3. The molecule has 0 aromatic heterocycles. The van der Waals surface area contributed by atoms with Gasteiger partial charge in [0.2, 0.25) is 5.78 Å². The maximum atomic E-state index is 13.2. The van der Waals surface area contributed by atoms with Gasteiger partial charge in [0.05, 0.1) is 17.3 Å². The lowest BCUT2D eigenvalue weighted by Gasteiger charge is -2.50. The number of anilines is 1. The number of ketones is 2. The summed E-state index contributed by atoms with van der Waals surface area (Å²) in [5, 5.41) is 43.5. The largest absolute Gasteiger partial charge is 0.510 e. The van der Waals surface area contributed by atoms with Crippen LogP contribution < -0.4 is 11.5 Å². The van der Waals surface area contributed by atoms with Gasteiger partial charge >= 0.3 is 0 Å². The molecule has 0 saturated heterocycles. The zero-order chi connectivity index (χ0) is 23.0. The SMILES string of the molecule is CN(C)[C@@H]1C(O)=C(C(N)=O)C(=O)[C@@]2(O)C(O)=C3C(=O)c4c(ccc(N)c4O)C[C@H]3C[C@@H]12. The number of allylic oxidation sites excluding steroid dienone is 1. The van der Waals surface area contributed by atoms with Crippen LogP contribution in [0.15, 0.2) is 34.8 Å². The quantitative estimate of drug-likeness (QED) is 0.208. The van der Waals surface area contributed by atoms with Gasteiger partial charge in [-0.15, -0.1) is 0 Å². The van der Waals surface area contributed by atoms with Crippen LogP contribution in [0.3, 0.4) is 0 Å². The van der Waals surface area contributed by atoms with Gasteiger partial charge in [-0.25, -0.2) is 0 Å². The van der Waals surface area contributed by atoms with E-state index in [4.69, 9.17) is 11.5 Å². The molecule has 0 unspecified atom stereocenters. The van der Waals surface area contributed by atoms with Crippen LogP contribution in [0.1, 0.15) is 22.3 Å². The second-order valence-corrected chi connectivity index (χ2v) is 8.50. The van der Waals surface area contributed by atoms with Gasteiger partial charge in [-0.2, -0.15) is 0 Å². The molecule has 1 aromatic carbocycles. The van der Waals surface area contributed by atoms with E-state index in [2.05, 4.69) is 0 Å². The minimum absolute atomic E-state index is 0.0247. The molecule has 4 rings (SSSR count). The average Bonchev–Trinajstić information content (AvgIpc) is 2.67. The number of carbonyl (C=O) groups excluding carboxylic acids is 3. The lowest BCUT2D eigenvalue weighted by molar-refractivity contribution is -0.148. The molecule has 0 fully saturated rings. The van der Waals surface area contributed by atoms with E-state index in [1.165, 1.54) is 11.0 Å². The topological polar surface area (TPSA) is 187 Å². The van der Waals surface area contributed by atoms with Crippen molar-refractivity contribution >= 4 is 23.2 Å². The summed E-state index contributed by atoms with van der Waals surface area (Å²) < 4.78 is 0. The molecule has 3 aliphatic rings. The molecule has 8 N–H and O–H groups in total. The monoisotopic (exact) mass is 429 g/mol. The number of phenolic OH excluding ortho intramolecular Hbond substituents is 1. The highest BCUT2D eigenvalue weighted by Crippen LogP contribution is 2.52. The zero-order valence-corrected chi connectivity index (χ0v) is 16.9. The molecule has 3 aliphatic carbocycles. The number of nitrogens with two attached hydrogens (primary N) is 2. The standard InChI is InChI=1S/C21H23N3O7/c1-24(2)14-9-6-8-5-7-3-4-10(22)15(25)11(7)16(26)12(8)18(28)21(9,31)19(29)13(17(14)27)20(23)30/h3-4,8-9,14,25,27-28,31H,5-6,22H2,1-2H3,(H2,23,30)/t8-,9-,14-,21-/m0/s1. The first-order valence-corrected chi connectivity index (χ1v) is 9.68. The number of likely N-dealkylation sites (N-methyl/N-ethyl adjacent to an activating group) is 1. The van der Waals surface area contributed by atoms with Crippen LogP contribution in [0.5, 0.6) is 5.75 Å². The molecule has 31 heavy (non-hydrogen) atoms. The smallest absolute Gasteiger partial charge is 0.255 e. The predicted octanol–water partition coefficient (Wildman–Crippen LogP) is -0.297. The molecular weight excluding hydrogens is 406 g/mol. The second-order valence-electron chi connectivity index (χ2n) is 8.50. The van der Waals surface area contributed by atoms with Crippen molar-refractivity contribution in [2.45, 2.75) is 24.5 Å². The van der Waals surface area contributed by atoms with E-state index < -0.39 is 63.8 Å². The molecule has 0 radical (unpaired) electrons. The van der Waals surface area contributed by atoms with E-state index in [0.29, 0.717) is 5.56 Å². The number of aromatic hydroxyl groups is 1. The van der Waals surface area contributed by atoms with E-state index in [0.717, 1.165) is 0 Å². The second kappa shape index (κ2) is 6.56. The summed E-state index contributed by atoms with van der Waals surface area (Å²) >= 11 is 0. The number of phenols is 1. The first-order chi connectivity index (χ1) is 14.4. The van der Waals surface area contributed by atoms with E-state index in [9.17, 15) is 34.8 Å². The minimum atomic E-state index is -2.64. The molecule has 0 heterocycles. The van der Waals surface area contributed by atoms with Crippen LogP contribution in [0, 0.1) is 11.8 Å². The summed E-state index contributed by atoms with van der Waals surface area (Å²) in [6, 6.07) is 2.06. The Morgan fingerprint density at radius 3 is 2.42 bits per heavy atom. The third-order valence-corrected chi connectivity index (χ3v) is 6.63. The van der Waals surface area contributed by atoms with Crippen molar-refractivity contribution in [2.75, 3.05) is 19.8 Å². The van der Waals surface area contributed by atoms with Gasteiger partial charge in [0.1, 0.15) is 22.8 Å². The Morgan fingerprint density at radius 2 is 1.84 bits per heavy atom. The van der Waals surface area contributed by atoms with Crippen molar-refractivity contribution in [3.05, 3.63) is 45.9 Å². The molecule has 10 nitrogen and oxygen atoms in total. The van der Waals surface area contributed by atoms with Gasteiger partial charge in [-0.1, -0.05) is 6.07 Å². The summed E-state index contributed by atoms with van der Waals surface area (Å²) in [4.78, 5) is 39.7. The fourth-order valence-corrected chi connectivity index (χ4v) is 5.24. The summed E-state index contributed by atoms with van der Waals surface area (Å²) in [6.07, 6.45) is 0.291. The van der Waals surface area contributed by atoms with E-state index in [1.54, 1.807) is 20.2 Å². The number of nitrogen functional groups attached to an aromatic ring is 1. The number of hydrogen-bond donors (Lipinski definition) is 6. The first kappa shape index (κ1) is 20.9. The maximum absolute atomic E-state index is 13.2. The zero-order valence-electron chi connectivity index (χ0n) is 16.9. The number of aliphatic hydroxyl groups is 3. The third kappa shape index (κ3) is 2.55. The van der Waals surface area contributed by atoms with Crippen LogP contribution in [0.4, 0.5) is 5.69 Å². The molecule has 164 valence electrons. The fourth-order valence-electron chi connectivity index (χ4n) is 5.24. The Labute approximate surface area is 177 Å². The predicted molar refractivity (Wildman–Crippen MR) is 108 cm³/mol. The van der Waals surface area contributed by atoms with Crippen molar-refractivity contribution in [2.24, 2.45) is 17.6 Å². The molecule has 1 aromatic rings. The van der Waals surface area contributed by atoms with Gasteiger partial charge in [0.15, 0.2) is 11.4 Å². The summed E-state index contributed by atoms with van der Waals surface area (Å²) in [6.45, 7) is 0. The van der Waals surface area contributed by atoms with Gasteiger partial charge in [-0.3, -0.25) is 19.3 Å². The van der Waals surface area contributed by atoms with Crippen LogP contribution in [0.25, 0.3) is 0 Å². The number of primary amides is 1. The molecule has 0 saturated carbocycles. The molecule has 0 bridgehead atoms. The van der Waals surface area contributed by atoms with Gasteiger partial charge in [0, 0.05) is 11.5 Å². The maximum Gasteiger partial charge on any atom is 0.255 e. The molecular formula is C21H23N3O7. The normalized spacial score (nSPS) is 30.3. The Hall–Kier alpha value is -3.37. The Morgan fingerprint density at radius 1 is 1.19 bits per heavy atom. The number of aliphatic hydroxyl groups excluding tert-OH is 2. The van der Waals surface area contributed by atoms with Crippen LogP contribution in [-0.2, 0) is 16.0 Å². The van der Waals surface area contributed by atoms with Crippen molar-refractivity contribution in [3.8, 4) is 5.75 Å². The highest BCUT2D eigenvalue weighted by Gasteiger charge is 2.63. The Kier molecular flexibility index (Phi) is 4.42. The minimum Gasteiger partial charge on any atom is -0.510 e. The summed E-state index contributed by atoms with van der Waals surface area (Å²) in [5.74, 6) is -6.84. The number of Topliss-reactive ketones (excluding diaryl/α,β-unsaturated/α-hetero) is 2. The number of rotatable bonds is 2. The lowest BCUT2D eigenvalue weighted by atomic mass is 9.58. The van der Waals surface area contributed by atoms with Crippen molar-refractivity contribution in [1.29, 1.82) is 0 Å². The van der Waals surface area contributed by atoms with Gasteiger partial charge in [-0.05, 0) is 44.5 Å². The summed E-state index contributed by atoms with van der Waals surface area (Å²) in [7, 11) is 3.16. The number of fused-ring (bicyclic) bond motifs is 3. The average molecular weight is 429 g/mol. The van der Waals surface area contributed by atoms with Crippen molar-refractivity contribution < 1.29 is 34.8 Å². The first-order valence-electron chi connectivity index (χ1n) is 9.68. The third-order valence-electron chi connectivity index (χ3n) is 6.63. The number of amides is 1. The summed E-state index contributed by atoms with van der Waals surface area (Å²) in [5.41, 5.74) is 7.70. The van der Waals surface area contributed by atoms with E-state index >= 15 is 0 Å². The molecule has 10 heteroatoms. The Bertz CT molecular complexity index is 1120. The van der Waals surface area contributed by atoms with Gasteiger partial charge in [0.25, 0.3) is 5.91 Å². The molecule has 0 spiro atoms. The van der Waals surface area contributed by atoms with Crippen molar-refractivity contribution in [3.63, 3.8) is 0 Å². The van der Waals surface area contributed by atoms with Crippen molar-refractivity contribution in [1.82, 2.24) is 4.90 Å². The molecule has 1 amide bonds. The Balaban J connectivity index is 1.97. The van der Waals surface area contributed by atoms with Crippen LogP contribution >= 0.6 is 0 Å². The highest BCUT2D eigenvalue weighted by molar-refractivity contribution is 6.24. The van der Waals surface area contributed by atoms with Gasteiger partial charge < -0.3 is 31.9 Å². The lowest BCUT2D eigenvalue weighted by Crippen LogP contribution is -2.63. The highest BCUT2D eigenvalue weighted by atomic mass is 16.3. The number of nitrogens with zero attached hydrogens (tertiary/aromatic N) is 1. The number of benzene rings is 1. The van der Waals surface area contributed by atoms with Crippen LogP contribution in [-0.4, -0.2) is 68.5 Å². The number of hydrogen-bond acceptors (Lipinski definition) is 9. The fraction of sp³-hybridized carbons (Fsp3) is 0.381. The van der Waals surface area contributed by atoms with E-state index in [1.807, 2.05) is 0 Å². The molecule has 4 atom stereocenters. The van der Waals surface area contributed by atoms with Crippen LogP contribution in [0.2, 0.25) is 0 Å².